The number of hydrogen-bond acceptors (Lipinski definition) is 6. The molecule has 0 saturated carbocycles. The SMILES string of the molecule is CCCc1nc(N2CCN(C(=O)c3ccc(C(C)(C)C)cc3)CC2)c2c(-c3ccccc3)noc2n1. The Morgan fingerprint density at radius 1 is 0.944 bits per heavy atom. The van der Waals surface area contributed by atoms with Crippen molar-refractivity contribution >= 4 is 22.8 Å². The van der Waals surface area contributed by atoms with Crippen molar-refractivity contribution < 1.29 is 9.32 Å². The molecule has 1 amide bonds. The molecule has 0 radical (unpaired) electrons. The maximum Gasteiger partial charge on any atom is 0.263 e. The van der Waals surface area contributed by atoms with E-state index in [-0.39, 0.29) is 11.3 Å². The number of benzene rings is 2. The van der Waals surface area contributed by atoms with Crippen molar-refractivity contribution in [3.8, 4) is 11.3 Å². The van der Waals surface area contributed by atoms with Crippen molar-refractivity contribution in [1.82, 2.24) is 20.0 Å². The van der Waals surface area contributed by atoms with Crippen LogP contribution in [0.1, 0.15) is 55.9 Å². The van der Waals surface area contributed by atoms with E-state index >= 15 is 0 Å². The minimum Gasteiger partial charge on any atom is -0.352 e. The molecule has 2 aromatic carbocycles. The first-order chi connectivity index (χ1) is 17.3. The summed E-state index contributed by atoms with van der Waals surface area (Å²) >= 11 is 0. The average molecular weight is 484 g/mol. The van der Waals surface area contributed by atoms with E-state index in [9.17, 15) is 4.79 Å². The van der Waals surface area contributed by atoms with Gasteiger partial charge in [0.15, 0.2) is 0 Å². The molecule has 0 N–H and O–H groups in total. The standard InChI is InChI=1S/C29H33N5O2/c1-5-9-23-30-26(24-25(32-36-27(24)31-23)20-10-7-6-8-11-20)33-16-18-34(19-17-33)28(35)21-12-14-22(15-13-21)29(2,3)4/h6-8,10-15H,5,9,16-19H2,1-4H3. The summed E-state index contributed by atoms with van der Waals surface area (Å²) in [4.78, 5) is 27.0. The Morgan fingerprint density at radius 2 is 1.64 bits per heavy atom. The second-order valence-electron chi connectivity index (χ2n) is 10.4. The Balaban J connectivity index is 1.40. The van der Waals surface area contributed by atoms with E-state index in [1.807, 2.05) is 47.4 Å². The van der Waals surface area contributed by atoms with Gasteiger partial charge in [0.1, 0.15) is 22.7 Å². The van der Waals surface area contributed by atoms with Gasteiger partial charge < -0.3 is 14.3 Å². The van der Waals surface area contributed by atoms with Gasteiger partial charge in [0.25, 0.3) is 11.6 Å². The Morgan fingerprint density at radius 3 is 2.28 bits per heavy atom. The molecule has 3 heterocycles. The number of fused-ring (bicyclic) bond motifs is 1. The summed E-state index contributed by atoms with van der Waals surface area (Å²) < 4.78 is 5.68. The Kier molecular flexibility index (Phi) is 6.48. The molecule has 4 aromatic rings. The van der Waals surface area contributed by atoms with Crippen molar-refractivity contribution in [2.45, 2.75) is 46.0 Å². The largest absolute Gasteiger partial charge is 0.352 e. The number of anilines is 1. The first kappa shape index (κ1) is 24.0. The molecule has 0 bridgehead atoms. The maximum absolute atomic E-state index is 13.2. The van der Waals surface area contributed by atoms with Crippen molar-refractivity contribution in [1.29, 1.82) is 0 Å². The molecule has 36 heavy (non-hydrogen) atoms. The normalized spacial score (nSPS) is 14.4. The molecule has 0 atom stereocenters. The number of amides is 1. The Hall–Kier alpha value is -3.74. The van der Waals surface area contributed by atoms with E-state index < -0.39 is 0 Å². The smallest absolute Gasteiger partial charge is 0.263 e. The van der Waals surface area contributed by atoms with Gasteiger partial charge in [-0.3, -0.25) is 4.79 Å². The number of aryl methyl sites for hydroxylation is 1. The van der Waals surface area contributed by atoms with Crippen LogP contribution in [0.2, 0.25) is 0 Å². The number of nitrogens with zero attached hydrogens (tertiary/aromatic N) is 5. The average Bonchev–Trinajstić information content (AvgIpc) is 3.32. The van der Waals surface area contributed by atoms with Crippen LogP contribution in [0, 0.1) is 0 Å². The fraction of sp³-hybridized carbons (Fsp3) is 0.379. The lowest BCUT2D eigenvalue weighted by atomic mass is 9.86. The highest BCUT2D eigenvalue weighted by molar-refractivity contribution is 5.98. The third kappa shape index (κ3) is 4.70. The zero-order valence-corrected chi connectivity index (χ0v) is 21.5. The highest BCUT2D eigenvalue weighted by atomic mass is 16.5. The van der Waals surface area contributed by atoms with Crippen molar-refractivity contribution in [3.05, 3.63) is 71.5 Å². The minimum absolute atomic E-state index is 0.0628. The molecule has 7 nitrogen and oxygen atoms in total. The second kappa shape index (κ2) is 9.72. The zero-order chi connectivity index (χ0) is 25.3. The Bertz CT molecular complexity index is 1350. The molecule has 0 unspecified atom stereocenters. The lowest BCUT2D eigenvalue weighted by molar-refractivity contribution is 0.0746. The van der Waals surface area contributed by atoms with Crippen LogP contribution >= 0.6 is 0 Å². The van der Waals surface area contributed by atoms with Crippen LogP contribution in [0.4, 0.5) is 5.82 Å². The lowest BCUT2D eigenvalue weighted by Gasteiger charge is -2.35. The van der Waals surface area contributed by atoms with Crippen LogP contribution in [0.3, 0.4) is 0 Å². The van der Waals surface area contributed by atoms with Gasteiger partial charge in [-0.25, -0.2) is 4.98 Å². The molecule has 186 valence electrons. The molecular weight excluding hydrogens is 450 g/mol. The van der Waals surface area contributed by atoms with E-state index in [0.717, 1.165) is 46.7 Å². The van der Waals surface area contributed by atoms with Gasteiger partial charge >= 0.3 is 0 Å². The minimum atomic E-state index is 0.0628. The first-order valence-electron chi connectivity index (χ1n) is 12.7. The molecule has 0 spiro atoms. The molecule has 1 aliphatic rings. The Labute approximate surface area is 212 Å². The van der Waals surface area contributed by atoms with E-state index in [2.05, 4.69) is 54.9 Å². The molecule has 1 aliphatic heterocycles. The fourth-order valence-electron chi connectivity index (χ4n) is 4.65. The van der Waals surface area contributed by atoms with Gasteiger partial charge in [-0.1, -0.05) is 75.3 Å². The van der Waals surface area contributed by atoms with E-state index in [1.165, 1.54) is 5.56 Å². The van der Waals surface area contributed by atoms with Gasteiger partial charge in [0.05, 0.1) is 0 Å². The fourth-order valence-corrected chi connectivity index (χ4v) is 4.65. The predicted octanol–water partition coefficient (Wildman–Crippen LogP) is 5.50. The van der Waals surface area contributed by atoms with Gasteiger partial charge in [-0.2, -0.15) is 4.98 Å². The van der Waals surface area contributed by atoms with Crippen LogP contribution in [0.25, 0.3) is 22.4 Å². The van der Waals surface area contributed by atoms with Crippen LogP contribution in [0.15, 0.2) is 59.1 Å². The number of carbonyl (C=O) groups is 1. The van der Waals surface area contributed by atoms with E-state index in [1.54, 1.807) is 0 Å². The number of carbonyl (C=O) groups excluding carboxylic acids is 1. The van der Waals surface area contributed by atoms with Crippen LogP contribution < -0.4 is 4.90 Å². The summed E-state index contributed by atoms with van der Waals surface area (Å²) in [6, 6.07) is 18.0. The molecule has 5 rings (SSSR count). The van der Waals surface area contributed by atoms with Gasteiger partial charge in [-0.15, -0.1) is 0 Å². The topological polar surface area (TPSA) is 75.4 Å². The molecular formula is C29H33N5O2. The lowest BCUT2D eigenvalue weighted by Crippen LogP contribution is -2.49. The summed E-state index contributed by atoms with van der Waals surface area (Å²) in [6.45, 7) is 11.3. The quantitative estimate of drug-likeness (QED) is 0.373. The first-order valence-corrected chi connectivity index (χ1v) is 12.7. The van der Waals surface area contributed by atoms with Crippen molar-refractivity contribution in [2.24, 2.45) is 0 Å². The summed E-state index contributed by atoms with van der Waals surface area (Å²) in [5, 5.41) is 5.19. The monoisotopic (exact) mass is 483 g/mol. The molecule has 1 fully saturated rings. The molecule has 2 aromatic heterocycles. The third-order valence-corrected chi connectivity index (χ3v) is 6.75. The van der Waals surface area contributed by atoms with Crippen LogP contribution in [-0.4, -0.2) is 52.1 Å². The van der Waals surface area contributed by atoms with Crippen LogP contribution in [-0.2, 0) is 11.8 Å². The third-order valence-electron chi connectivity index (χ3n) is 6.75. The molecule has 0 aliphatic carbocycles. The highest BCUT2D eigenvalue weighted by Gasteiger charge is 2.27. The van der Waals surface area contributed by atoms with E-state index in [4.69, 9.17) is 9.51 Å². The summed E-state index contributed by atoms with van der Waals surface area (Å²) in [5.41, 5.74) is 4.25. The van der Waals surface area contributed by atoms with Crippen LogP contribution in [0.5, 0.6) is 0 Å². The number of hydrogen-bond donors (Lipinski definition) is 0. The second-order valence-corrected chi connectivity index (χ2v) is 10.4. The highest BCUT2D eigenvalue weighted by Crippen LogP contribution is 2.34. The van der Waals surface area contributed by atoms with Gasteiger partial charge in [-0.05, 0) is 29.5 Å². The predicted molar refractivity (Wildman–Crippen MR) is 142 cm³/mol. The maximum atomic E-state index is 13.2. The van der Waals surface area contributed by atoms with Crippen molar-refractivity contribution in [2.75, 3.05) is 31.1 Å². The van der Waals surface area contributed by atoms with Gasteiger partial charge in [0, 0.05) is 43.7 Å². The molecule has 7 heteroatoms. The number of aromatic nitrogens is 3. The summed E-state index contributed by atoms with van der Waals surface area (Å²) in [5.74, 6) is 1.67. The summed E-state index contributed by atoms with van der Waals surface area (Å²) in [7, 11) is 0. The summed E-state index contributed by atoms with van der Waals surface area (Å²) in [6.07, 6.45) is 1.72. The zero-order valence-electron chi connectivity index (χ0n) is 21.5. The number of piperazine rings is 1. The molecule has 1 saturated heterocycles. The van der Waals surface area contributed by atoms with Crippen molar-refractivity contribution in [3.63, 3.8) is 0 Å². The van der Waals surface area contributed by atoms with Gasteiger partial charge in [0.2, 0.25) is 0 Å². The number of rotatable bonds is 5. The van der Waals surface area contributed by atoms with E-state index in [0.29, 0.717) is 31.9 Å².